The molecule has 0 fully saturated rings. The number of anilines is 1. The van der Waals surface area contributed by atoms with Crippen LogP contribution in [0.1, 0.15) is 15.4 Å². The zero-order chi connectivity index (χ0) is 14.4. The van der Waals surface area contributed by atoms with E-state index in [4.69, 9.17) is 4.74 Å². The van der Waals surface area contributed by atoms with Crippen molar-refractivity contribution in [2.45, 2.75) is 6.92 Å². The zero-order valence-electron chi connectivity index (χ0n) is 11.4. The molecule has 0 unspecified atom stereocenters. The van der Waals surface area contributed by atoms with Gasteiger partial charge in [0.1, 0.15) is 12.4 Å². The third-order valence-corrected chi connectivity index (χ3v) is 3.49. The summed E-state index contributed by atoms with van der Waals surface area (Å²) < 4.78 is 10.2. The Kier molecular flexibility index (Phi) is 4.95. The van der Waals surface area contributed by atoms with Gasteiger partial charge in [0.05, 0.1) is 13.7 Å². The molecule has 0 bridgehead atoms. The van der Waals surface area contributed by atoms with Crippen molar-refractivity contribution in [1.82, 2.24) is 4.98 Å². The molecule has 2 rings (SSSR count). The van der Waals surface area contributed by atoms with Crippen molar-refractivity contribution in [3.05, 3.63) is 40.9 Å². The summed E-state index contributed by atoms with van der Waals surface area (Å²) in [5, 5.41) is 3.82. The number of hydrogen-bond acceptors (Lipinski definition) is 6. The molecule has 0 atom stereocenters. The van der Waals surface area contributed by atoms with Crippen LogP contribution in [-0.2, 0) is 4.74 Å². The van der Waals surface area contributed by atoms with E-state index in [0.717, 1.165) is 10.6 Å². The van der Waals surface area contributed by atoms with Gasteiger partial charge in [-0.3, -0.25) is 0 Å². The lowest BCUT2D eigenvalue weighted by Gasteiger charge is -2.06. The maximum Gasteiger partial charge on any atom is 0.357 e. The zero-order valence-corrected chi connectivity index (χ0v) is 12.2. The fraction of sp³-hybridized carbons (Fsp3) is 0.286. The van der Waals surface area contributed by atoms with E-state index in [-0.39, 0.29) is 0 Å². The highest BCUT2D eigenvalue weighted by atomic mass is 32.1. The summed E-state index contributed by atoms with van der Waals surface area (Å²) >= 11 is 1.43. The number of aryl methyl sites for hydroxylation is 1. The molecule has 1 aromatic carbocycles. The Balaban J connectivity index is 1.81. The smallest absolute Gasteiger partial charge is 0.357 e. The van der Waals surface area contributed by atoms with Crippen LogP contribution in [0.25, 0.3) is 0 Å². The monoisotopic (exact) mass is 292 g/mol. The fourth-order valence-electron chi connectivity index (χ4n) is 1.60. The first-order chi connectivity index (χ1) is 9.70. The van der Waals surface area contributed by atoms with Crippen LogP contribution in [0.4, 0.5) is 5.13 Å². The highest BCUT2D eigenvalue weighted by molar-refractivity contribution is 7.15. The Morgan fingerprint density at radius 2 is 2.10 bits per heavy atom. The molecule has 1 aromatic heterocycles. The van der Waals surface area contributed by atoms with Gasteiger partial charge >= 0.3 is 5.97 Å². The SMILES string of the molecule is COC(=O)c1nc(NCCOc2ccccc2)sc1C. The summed E-state index contributed by atoms with van der Waals surface area (Å²) in [7, 11) is 1.35. The summed E-state index contributed by atoms with van der Waals surface area (Å²) in [6, 6.07) is 9.61. The normalized spacial score (nSPS) is 10.1. The van der Waals surface area contributed by atoms with E-state index in [1.165, 1.54) is 18.4 Å². The Morgan fingerprint density at radius 3 is 2.80 bits per heavy atom. The van der Waals surface area contributed by atoms with E-state index in [0.29, 0.717) is 24.0 Å². The summed E-state index contributed by atoms with van der Waals surface area (Å²) in [5.41, 5.74) is 0.365. The number of rotatable bonds is 6. The second-order valence-corrected chi connectivity index (χ2v) is 5.21. The summed E-state index contributed by atoms with van der Waals surface area (Å²) in [5.74, 6) is 0.423. The Labute approximate surface area is 121 Å². The molecule has 2 aromatic rings. The number of benzene rings is 1. The molecular formula is C14H16N2O3S. The van der Waals surface area contributed by atoms with Gasteiger partial charge in [-0.2, -0.15) is 0 Å². The maximum absolute atomic E-state index is 11.4. The van der Waals surface area contributed by atoms with Crippen LogP contribution in [-0.4, -0.2) is 31.2 Å². The average Bonchev–Trinajstić information content (AvgIpc) is 2.85. The number of methoxy groups -OCH3 is 1. The second-order valence-electron chi connectivity index (χ2n) is 4.00. The van der Waals surface area contributed by atoms with Gasteiger partial charge in [0.2, 0.25) is 0 Å². The van der Waals surface area contributed by atoms with Gasteiger partial charge in [-0.25, -0.2) is 9.78 Å². The lowest BCUT2D eigenvalue weighted by atomic mass is 10.3. The van der Waals surface area contributed by atoms with Crippen LogP contribution in [0.2, 0.25) is 0 Å². The maximum atomic E-state index is 11.4. The molecule has 0 radical (unpaired) electrons. The van der Waals surface area contributed by atoms with E-state index in [1.807, 2.05) is 37.3 Å². The molecule has 1 N–H and O–H groups in total. The van der Waals surface area contributed by atoms with Gasteiger partial charge in [0.25, 0.3) is 0 Å². The molecule has 106 valence electrons. The van der Waals surface area contributed by atoms with Crippen LogP contribution >= 0.6 is 11.3 Å². The highest BCUT2D eigenvalue weighted by Crippen LogP contribution is 2.22. The minimum atomic E-state index is -0.410. The molecule has 6 heteroatoms. The average molecular weight is 292 g/mol. The quantitative estimate of drug-likeness (QED) is 0.655. The molecule has 0 saturated carbocycles. The standard InChI is InChI=1S/C14H16N2O3S/c1-10-12(13(17)18-2)16-14(20-10)15-8-9-19-11-6-4-3-5-7-11/h3-7H,8-9H2,1-2H3,(H,15,16). The number of nitrogens with zero attached hydrogens (tertiary/aromatic N) is 1. The van der Waals surface area contributed by atoms with Gasteiger partial charge in [-0.15, -0.1) is 11.3 Å². The number of ether oxygens (including phenoxy) is 2. The fourth-order valence-corrected chi connectivity index (χ4v) is 2.43. The number of carbonyl (C=O) groups is 1. The Hall–Kier alpha value is -2.08. The molecule has 20 heavy (non-hydrogen) atoms. The Bertz CT molecular complexity index is 569. The summed E-state index contributed by atoms with van der Waals surface area (Å²) in [6.45, 7) is 2.98. The van der Waals surface area contributed by atoms with Crippen LogP contribution < -0.4 is 10.1 Å². The molecule has 0 spiro atoms. The Morgan fingerprint density at radius 1 is 1.35 bits per heavy atom. The van der Waals surface area contributed by atoms with Crippen molar-refractivity contribution >= 4 is 22.4 Å². The number of hydrogen-bond donors (Lipinski definition) is 1. The number of thiazole rings is 1. The van der Waals surface area contributed by atoms with Crippen molar-refractivity contribution in [3.8, 4) is 5.75 Å². The van der Waals surface area contributed by atoms with Crippen LogP contribution in [0.15, 0.2) is 30.3 Å². The van der Waals surface area contributed by atoms with Gasteiger partial charge in [0, 0.05) is 4.88 Å². The third kappa shape index (κ3) is 3.71. The highest BCUT2D eigenvalue weighted by Gasteiger charge is 2.15. The van der Waals surface area contributed by atoms with E-state index >= 15 is 0 Å². The van der Waals surface area contributed by atoms with Gasteiger partial charge in [0.15, 0.2) is 10.8 Å². The van der Waals surface area contributed by atoms with Gasteiger partial charge in [-0.1, -0.05) is 18.2 Å². The second kappa shape index (κ2) is 6.91. The van der Waals surface area contributed by atoms with E-state index < -0.39 is 5.97 Å². The minimum absolute atomic E-state index is 0.365. The molecular weight excluding hydrogens is 276 g/mol. The van der Waals surface area contributed by atoms with Crippen LogP contribution in [0, 0.1) is 6.92 Å². The molecule has 0 aliphatic rings. The van der Waals surface area contributed by atoms with E-state index in [2.05, 4.69) is 15.0 Å². The first kappa shape index (κ1) is 14.3. The summed E-state index contributed by atoms with van der Waals surface area (Å²) in [6.07, 6.45) is 0. The number of nitrogens with one attached hydrogen (secondary N) is 1. The number of para-hydroxylation sites is 1. The molecule has 1 heterocycles. The van der Waals surface area contributed by atoms with E-state index in [9.17, 15) is 4.79 Å². The largest absolute Gasteiger partial charge is 0.492 e. The van der Waals surface area contributed by atoms with Crippen LogP contribution in [0.3, 0.4) is 0 Å². The predicted octanol–water partition coefficient (Wildman–Crippen LogP) is 2.73. The molecule has 0 amide bonds. The van der Waals surface area contributed by atoms with Gasteiger partial charge < -0.3 is 14.8 Å². The first-order valence-electron chi connectivity index (χ1n) is 6.18. The molecule has 5 nitrogen and oxygen atoms in total. The lowest BCUT2D eigenvalue weighted by Crippen LogP contribution is -2.11. The lowest BCUT2D eigenvalue weighted by molar-refractivity contribution is 0.0594. The molecule has 0 aliphatic heterocycles. The number of carbonyl (C=O) groups excluding carboxylic acids is 1. The topological polar surface area (TPSA) is 60.5 Å². The first-order valence-corrected chi connectivity index (χ1v) is 7.00. The van der Waals surface area contributed by atoms with Crippen LogP contribution in [0.5, 0.6) is 5.75 Å². The van der Waals surface area contributed by atoms with Gasteiger partial charge in [-0.05, 0) is 19.1 Å². The molecule has 0 saturated heterocycles. The van der Waals surface area contributed by atoms with Crippen molar-refractivity contribution in [2.24, 2.45) is 0 Å². The van der Waals surface area contributed by atoms with E-state index in [1.54, 1.807) is 0 Å². The van der Waals surface area contributed by atoms with Crippen molar-refractivity contribution in [3.63, 3.8) is 0 Å². The minimum Gasteiger partial charge on any atom is -0.492 e. The number of esters is 1. The van der Waals surface area contributed by atoms with Crippen molar-refractivity contribution < 1.29 is 14.3 Å². The molecule has 0 aliphatic carbocycles. The number of aromatic nitrogens is 1. The van der Waals surface area contributed by atoms with Crippen molar-refractivity contribution in [2.75, 3.05) is 25.6 Å². The third-order valence-electron chi connectivity index (χ3n) is 2.57. The summed E-state index contributed by atoms with van der Waals surface area (Å²) in [4.78, 5) is 16.5. The van der Waals surface area contributed by atoms with Crippen molar-refractivity contribution in [1.29, 1.82) is 0 Å². The predicted molar refractivity (Wildman–Crippen MR) is 78.6 cm³/mol.